The number of hydrogen-bond acceptors (Lipinski definition) is 0. The van der Waals surface area contributed by atoms with Crippen molar-refractivity contribution in [2.75, 3.05) is 0 Å². The molecule has 0 amide bonds. The average molecular weight is 170 g/mol. The maximum Gasteiger partial charge on any atom is -0.0353 e. The van der Waals surface area contributed by atoms with Gasteiger partial charge in [0.1, 0.15) is 0 Å². The molecule has 0 aromatic heterocycles. The molecule has 0 aliphatic carbocycles. The third-order valence-corrected chi connectivity index (χ3v) is 2.01. The van der Waals surface area contributed by atoms with Gasteiger partial charge in [-0.1, -0.05) is 59.0 Å². The Labute approximate surface area is 79.1 Å². The Morgan fingerprint density at radius 2 is 1.42 bits per heavy atom. The normalized spacial score (nSPS) is 9.08. The molecule has 0 heteroatoms. The van der Waals surface area contributed by atoms with E-state index in [9.17, 15) is 0 Å². The molecule has 0 aliphatic heterocycles. The van der Waals surface area contributed by atoms with Gasteiger partial charge in [-0.3, -0.25) is 0 Å². The second-order valence-corrected chi connectivity index (χ2v) is 3.20. The SMILES string of the molecule is C.C=CCCCCCCCCC. The van der Waals surface area contributed by atoms with Gasteiger partial charge in [0.05, 0.1) is 0 Å². The molecule has 0 saturated carbocycles. The topological polar surface area (TPSA) is 0 Å². The maximum absolute atomic E-state index is 3.71. The van der Waals surface area contributed by atoms with E-state index in [1.165, 1.54) is 51.4 Å². The van der Waals surface area contributed by atoms with Gasteiger partial charge in [0, 0.05) is 0 Å². The van der Waals surface area contributed by atoms with Crippen LogP contribution in [0, 0.1) is 0 Å². The molecule has 0 unspecified atom stereocenters. The summed E-state index contributed by atoms with van der Waals surface area (Å²) in [4.78, 5) is 0. The predicted molar refractivity (Wildman–Crippen MR) is 59.5 cm³/mol. The van der Waals surface area contributed by atoms with E-state index in [0.717, 1.165) is 0 Å². The third-order valence-electron chi connectivity index (χ3n) is 2.01. The van der Waals surface area contributed by atoms with Crippen LogP contribution in [-0.2, 0) is 0 Å². The smallest absolute Gasteiger partial charge is 0.0353 e. The first-order valence-corrected chi connectivity index (χ1v) is 5.02. The number of allylic oxidation sites excluding steroid dienone is 1. The van der Waals surface area contributed by atoms with Crippen molar-refractivity contribution in [1.82, 2.24) is 0 Å². The zero-order valence-electron chi connectivity index (χ0n) is 7.94. The monoisotopic (exact) mass is 170 g/mol. The molecule has 0 fully saturated rings. The summed E-state index contributed by atoms with van der Waals surface area (Å²) < 4.78 is 0. The molecule has 74 valence electrons. The number of rotatable bonds is 8. The minimum absolute atomic E-state index is 0. The Kier molecular flexibility index (Phi) is 15.9. The first-order chi connectivity index (χ1) is 5.41. The zero-order valence-corrected chi connectivity index (χ0v) is 7.94. The van der Waals surface area contributed by atoms with E-state index in [2.05, 4.69) is 13.5 Å². The van der Waals surface area contributed by atoms with E-state index in [1.807, 2.05) is 6.08 Å². The van der Waals surface area contributed by atoms with Crippen LogP contribution in [0.2, 0.25) is 0 Å². The van der Waals surface area contributed by atoms with Gasteiger partial charge in [-0.2, -0.15) is 0 Å². The summed E-state index contributed by atoms with van der Waals surface area (Å²) >= 11 is 0. The summed E-state index contributed by atoms with van der Waals surface area (Å²) in [6.07, 6.45) is 13.0. The van der Waals surface area contributed by atoms with Gasteiger partial charge in [0.2, 0.25) is 0 Å². The molecule has 12 heavy (non-hydrogen) atoms. The highest BCUT2D eigenvalue weighted by molar-refractivity contribution is 4.65. The molecular formula is C12H26. The van der Waals surface area contributed by atoms with Crippen molar-refractivity contribution < 1.29 is 0 Å². The van der Waals surface area contributed by atoms with Crippen molar-refractivity contribution in [3.8, 4) is 0 Å². The molecular weight excluding hydrogens is 144 g/mol. The Bertz CT molecular complexity index is 74.1. The lowest BCUT2D eigenvalue weighted by atomic mass is 10.1. The lowest BCUT2D eigenvalue weighted by Gasteiger charge is -1.98. The summed E-state index contributed by atoms with van der Waals surface area (Å²) in [6, 6.07) is 0. The van der Waals surface area contributed by atoms with Crippen LogP contribution in [0.25, 0.3) is 0 Å². The molecule has 0 spiro atoms. The molecule has 0 bridgehead atoms. The van der Waals surface area contributed by atoms with Crippen LogP contribution in [0.3, 0.4) is 0 Å². The maximum atomic E-state index is 3.71. The average Bonchev–Trinajstić information content (AvgIpc) is 2.03. The van der Waals surface area contributed by atoms with Gasteiger partial charge in [-0.15, -0.1) is 6.58 Å². The van der Waals surface area contributed by atoms with Crippen molar-refractivity contribution in [1.29, 1.82) is 0 Å². The molecule has 0 heterocycles. The van der Waals surface area contributed by atoms with E-state index in [1.54, 1.807) is 0 Å². The Hall–Kier alpha value is -0.260. The number of hydrogen-bond donors (Lipinski definition) is 0. The van der Waals surface area contributed by atoms with Gasteiger partial charge >= 0.3 is 0 Å². The van der Waals surface area contributed by atoms with Gasteiger partial charge in [-0.25, -0.2) is 0 Å². The van der Waals surface area contributed by atoms with Crippen LogP contribution in [0.4, 0.5) is 0 Å². The fourth-order valence-corrected chi connectivity index (χ4v) is 1.25. The highest BCUT2D eigenvalue weighted by Gasteiger charge is 1.88. The van der Waals surface area contributed by atoms with Crippen molar-refractivity contribution in [3.63, 3.8) is 0 Å². The quantitative estimate of drug-likeness (QED) is 0.357. The minimum atomic E-state index is 0. The van der Waals surface area contributed by atoms with Crippen molar-refractivity contribution in [3.05, 3.63) is 12.7 Å². The van der Waals surface area contributed by atoms with Gasteiger partial charge in [0.25, 0.3) is 0 Å². The molecule has 0 aliphatic rings. The molecule has 0 atom stereocenters. The van der Waals surface area contributed by atoms with Gasteiger partial charge in [-0.05, 0) is 12.8 Å². The first kappa shape index (κ1) is 14.3. The van der Waals surface area contributed by atoms with Gasteiger partial charge < -0.3 is 0 Å². The highest BCUT2D eigenvalue weighted by Crippen LogP contribution is 2.07. The highest BCUT2D eigenvalue weighted by atomic mass is 13.9. The third kappa shape index (κ3) is 12.4. The van der Waals surface area contributed by atoms with Crippen LogP contribution in [-0.4, -0.2) is 0 Å². The van der Waals surface area contributed by atoms with Crippen molar-refractivity contribution in [2.45, 2.75) is 65.7 Å². The molecule has 0 aromatic carbocycles. The summed E-state index contributed by atoms with van der Waals surface area (Å²) in [6.45, 7) is 5.97. The minimum Gasteiger partial charge on any atom is -0.103 e. The predicted octanol–water partition coefficient (Wildman–Crippen LogP) is 4.95. The van der Waals surface area contributed by atoms with Crippen molar-refractivity contribution in [2.24, 2.45) is 0 Å². The van der Waals surface area contributed by atoms with E-state index in [0.29, 0.717) is 0 Å². The fourth-order valence-electron chi connectivity index (χ4n) is 1.25. The largest absolute Gasteiger partial charge is 0.103 e. The Balaban J connectivity index is 0. The van der Waals surface area contributed by atoms with E-state index < -0.39 is 0 Å². The van der Waals surface area contributed by atoms with Crippen LogP contribution >= 0.6 is 0 Å². The second-order valence-electron chi connectivity index (χ2n) is 3.20. The van der Waals surface area contributed by atoms with Crippen LogP contribution in [0.5, 0.6) is 0 Å². The van der Waals surface area contributed by atoms with E-state index in [-0.39, 0.29) is 7.43 Å². The van der Waals surface area contributed by atoms with E-state index >= 15 is 0 Å². The first-order valence-electron chi connectivity index (χ1n) is 5.02. The molecule has 0 rings (SSSR count). The summed E-state index contributed by atoms with van der Waals surface area (Å²) in [5.41, 5.74) is 0. The molecule has 0 saturated heterocycles. The number of unbranched alkanes of at least 4 members (excludes halogenated alkanes) is 7. The lowest BCUT2D eigenvalue weighted by Crippen LogP contribution is -1.78. The fraction of sp³-hybridized carbons (Fsp3) is 0.833. The Morgan fingerprint density at radius 1 is 0.917 bits per heavy atom. The lowest BCUT2D eigenvalue weighted by molar-refractivity contribution is 0.592. The van der Waals surface area contributed by atoms with Gasteiger partial charge in [0.15, 0.2) is 0 Å². The second kappa shape index (κ2) is 13.3. The molecule has 0 radical (unpaired) electrons. The summed E-state index contributed by atoms with van der Waals surface area (Å²) in [5, 5.41) is 0. The summed E-state index contributed by atoms with van der Waals surface area (Å²) in [7, 11) is 0. The molecule has 0 N–H and O–H groups in total. The zero-order chi connectivity index (χ0) is 8.36. The molecule has 0 nitrogen and oxygen atoms in total. The molecule has 0 aromatic rings. The van der Waals surface area contributed by atoms with E-state index in [4.69, 9.17) is 0 Å². The Morgan fingerprint density at radius 3 is 1.92 bits per heavy atom. The summed E-state index contributed by atoms with van der Waals surface area (Å²) in [5.74, 6) is 0. The van der Waals surface area contributed by atoms with Crippen LogP contribution in [0.15, 0.2) is 12.7 Å². The van der Waals surface area contributed by atoms with Crippen molar-refractivity contribution >= 4 is 0 Å². The van der Waals surface area contributed by atoms with Crippen LogP contribution < -0.4 is 0 Å². The standard InChI is InChI=1S/C11H22.CH4/c1-3-5-7-9-11-10-8-6-4-2;/h3H,1,4-11H2,2H3;1H4. The van der Waals surface area contributed by atoms with Crippen LogP contribution in [0.1, 0.15) is 65.7 Å².